The summed E-state index contributed by atoms with van der Waals surface area (Å²) in [6.07, 6.45) is 2.51. The Bertz CT molecular complexity index is 470. The smallest absolute Gasteiger partial charge is 0.139 e. The minimum atomic E-state index is 0.452. The Morgan fingerprint density at radius 1 is 1.50 bits per heavy atom. The average molecular weight is 263 g/mol. The maximum Gasteiger partial charge on any atom is 0.139 e. The molecule has 1 aliphatic heterocycles. The van der Waals surface area contributed by atoms with Crippen molar-refractivity contribution in [3.8, 4) is 0 Å². The van der Waals surface area contributed by atoms with E-state index in [9.17, 15) is 0 Å². The average Bonchev–Trinajstić information content (AvgIpc) is 2.27. The van der Waals surface area contributed by atoms with Gasteiger partial charge < -0.3 is 10.6 Å². The van der Waals surface area contributed by atoms with Crippen LogP contribution in [0.1, 0.15) is 36.6 Å². The summed E-state index contributed by atoms with van der Waals surface area (Å²) in [4.78, 5) is 7.46. The lowest BCUT2D eigenvalue weighted by molar-refractivity contribution is 0.444. The minimum absolute atomic E-state index is 0.452. The van der Waals surface area contributed by atoms with E-state index in [1.54, 1.807) is 0 Å². The molecular formula is C14H21N3S. The predicted molar refractivity (Wildman–Crippen MR) is 80.2 cm³/mol. The molecule has 18 heavy (non-hydrogen) atoms. The molecule has 0 saturated carbocycles. The summed E-state index contributed by atoms with van der Waals surface area (Å²) in [7, 11) is 0. The van der Waals surface area contributed by atoms with Crippen molar-refractivity contribution < 1.29 is 0 Å². The lowest BCUT2D eigenvalue weighted by atomic mass is 9.99. The van der Waals surface area contributed by atoms with Crippen LogP contribution < -0.4 is 10.6 Å². The van der Waals surface area contributed by atoms with Crippen LogP contribution in [0, 0.1) is 19.8 Å². The number of nitrogens with zero attached hydrogens (tertiary/aromatic N) is 2. The molecule has 4 heteroatoms. The van der Waals surface area contributed by atoms with Crippen LogP contribution in [0.25, 0.3) is 0 Å². The third kappa shape index (κ3) is 2.64. The second-order valence-electron chi connectivity index (χ2n) is 5.34. The molecule has 0 aliphatic carbocycles. The van der Waals surface area contributed by atoms with Crippen LogP contribution in [0.5, 0.6) is 0 Å². The zero-order chi connectivity index (χ0) is 13.3. The molecule has 2 N–H and O–H groups in total. The van der Waals surface area contributed by atoms with E-state index in [4.69, 9.17) is 18.0 Å². The third-order valence-corrected chi connectivity index (χ3v) is 3.73. The highest BCUT2D eigenvalue weighted by molar-refractivity contribution is 7.80. The Kier molecular flexibility index (Phi) is 3.85. The normalized spacial score (nSPS) is 19.9. The molecule has 0 aromatic carbocycles. The summed E-state index contributed by atoms with van der Waals surface area (Å²) >= 11 is 5.19. The largest absolute Gasteiger partial charge is 0.389 e. The van der Waals surface area contributed by atoms with Crippen LogP contribution in [0.2, 0.25) is 0 Å². The van der Waals surface area contributed by atoms with Gasteiger partial charge in [0, 0.05) is 18.8 Å². The van der Waals surface area contributed by atoms with Gasteiger partial charge in [0.2, 0.25) is 0 Å². The summed E-state index contributed by atoms with van der Waals surface area (Å²) in [5.74, 6) is 1.69. The van der Waals surface area contributed by atoms with Crippen LogP contribution >= 0.6 is 12.2 Å². The van der Waals surface area contributed by atoms with E-state index >= 15 is 0 Å². The van der Waals surface area contributed by atoms with Crippen LogP contribution in [-0.2, 0) is 0 Å². The molecule has 1 aromatic rings. The standard InChI is InChI=1S/C14H21N3S/c1-9-5-4-6-17(8-9)14-12(13(15)18)10(2)7-11(3)16-14/h7,9H,4-6,8H2,1-3H3,(H2,15,18). The molecule has 1 saturated heterocycles. The molecule has 2 heterocycles. The van der Waals surface area contributed by atoms with E-state index in [1.165, 1.54) is 12.8 Å². The van der Waals surface area contributed by atoms with Crippen molar-refractivity contribution in [3.63, 3.8) is 0 Å². The molecule has 1 fully saturated rings. The second kappa shape index (κ2) is 5.22. The first-order valence-corrected chi connectivity index (χ1v) is 6.93. The number of anilines is 1. The van der Waals surface area contributed by atoms with Crippen LogP contribution in [0.15, 0.2) is 6.07 Å². The molecule has 0 radical (unpaired) electrons. The molecule has 3 nitrogen and oxygen atoms in total. The van der Waals surface area contributed by atoms with Gasteiger partial charge in [-0.3, -0.25) is 0 Å². The van der Waals surface area contributed by atoms with E-state index in [2.05, 4.69) is 23.7 Å². The van der Waals surface area contributed by atoms with Gasteiger partial charge in [-0.1, -0.05) is 19.1 Å². The summed E-state index contributed by atoms with van der Waals surface area (Å²) in [5.41, 5.74) is 8.98. The fourth-order valence-electron chi connectivity index (χ4n) is 2.73. The minimum Gasteiger partial charge on any atom is -0.389 e. The molecular weight excluding hydrogens is 242 g/mol. The molecule has 0 amide bonds. The van der Waals surface area contributed by atoms with E-state index < -0.39 is 0 Å². The van der Waals surface area contributed by atoms with Gasteiger partial charge in [0.25, 0.3) is 0 Å². The van der Waals surface area contributed by atoms with Crippen molar-refractivity contribution in [1.29, 1.82) is 0 Å². The van der Waals surface area contributed by atoms with Crippen LogP contribution in [0.4, 0.5) is 5.82 Å². The van der Waals surface area contributed by atoms with Crippen molar-refractivity contribution in [3.05, 3.63) is 22.9 Å². The monoisotopic (exact) mass is 263 g/mol. The first-order chi connectivity index (χ1) is 8.49. The Balaban J connectivity index is 2.44. The Hall–Kier alpha value is -1.16. The quantitative estimate of drug-likeness (QED) is 0.833. The number of piperidine rings is 1. The predicted octanol–water partition coefficient (Wildman–Crippen LogP) is 2.57. The Morgan fingerprint density at radius 2 is 2.22 bits per heavy atom. The molecule has 1 atom stereocenters. The van der Waals surface area contributed by atoms with E-state index in [0.29, 0.717) is 10.9 Å². The molecule has 0 bridgehead atoms. The maximum absolute atomic E-state index is 5.87. The number of pyridine rings is 1. The third-order valence-electron chi connectivity index (χ3n) is 3.53. The van der Waals surface area contributed by atoms with Crippen molar-refractivity contribution in [2.75, 3.05) is 18.0 Å². The Labute approximate surface area is 114 Å². The SMILES string of the molecule is Cc1cc(C)c(C(N)=S)c(N2CCCC(C)C2)n1. The fraction of sp³-hybridized carbons (Fsp3) is 0.571. The van der Waals surface area contributed by atoms with E-state index in [0.717, 1.165) is 35.7 Å². The van der Waals surface area contributed by atoms with Gasteiger partial charge >= 0.3 is 0 Å². The molecule has 0 spiro atoms. The molecule has 2 rings (SSSR count). The fourth-order valence-corrected chi connectivity index (χ4v) is 2.98. The first-order valence-electron chi connectivity index (χ1n) is 6.52. The van der Waals surface area contributed by atoms with Gasteiger partial charge in [0.1, 0.15) is 10.8 Å². The van der Waals surface area contributed by atoms with Crippen molar-refractivity contribution in [1.82, 2.24) is 4.98 Å². The number of rotatable bonds is 2. The number of hydrogen-bond donors (Lipinski definition) is 1. The van der Waals surface area contributed by atoms with Gasteiger partial charge in [0.15, 0.2) is 0 Å². The Morgan fingerprint density at radius 3 is 2.83 bits per heavy atom. The zero-order valence-corrected chi connectivity index (χ0v) is 12.2. The summed E-state index contributed by atoms with van der Waals surface area (Å²) in [5, 5.41) is 0. The van der Waals surface area contributed by atoms with E-state index in [-0.39, 0.29) is 0 Å². The van der Waals surface area contributed by atoms with Crippen molar-refractivity contribution in [2.24, 2.45) is 11.7 Å². The molecule has 1 aromatic heterocycles. The topological polar surface area (TPSA) is 42.1 Å². The highest BCUT2D eigenvalue weighted by atomic mass is 32.1. The van der Waals surface area contributed by atoms with Gasteiger partial charge in [-0.25, -0.2) is 4.98 Å². The van der Waals surface area contributed by atoms with Crippen LogP contribution in [-0.4, -0.2) is 23.1 Å². The number of thiocarbonyl (C=S) groups is 1. The number of hydrogen-bond acceptors (Lipinski definition) is 3. The molecule has 1 unspecified atom stereocenters. The van der Waals surface area contributed by atoms with Gasteiger partial charge in [-0.2, -0.15) is 0 Å². The van der Waals surface area contributed by atoms with Gasteiger partial charge in [-0.15, -0.1) is 0 Å². The van der Waals surface area contributed by atoms with Gasteiger partial charge in [-0.05, 0) is 44.2 Å². The maximum atomic E-state index is 5.87. The highest BCUT2D eigenvalue weighted by Crippen LogP contribution is 2.27. The summed E-state index contributed by atoms with van der Waals surface area (Å²) < 4.78 is 0. The van der Waals surface area contributed by atoms with Gasteiger partial charge in [0.05, 0.1) is 5.56 Å². The summed E-state index contributed by atoms with van der Waals surface area (Å²) in [6, 6.07) is 2.05. The second-order valence-corrected chi connectivity index (χ2v) is 5.78. The highest BCUT2D eigenvalue weighted by Gasteiger charge is 2.22. The summed E-state index contributed by atoms with van der Waals surface area (Å²) in [6.45, 7) is 8.46. The first kappa shape index (κ1) is 13.3. The number of nitrogens with two attached hydrogens (primary N) is 1. The lowest BCUT2D eigenvalue weighted by Gasteiger charge is -2.33. The number of aryl methyl sites for hydroxylation is 2. The molecule has 1 aliphatic rings. The molecule has 98 valence electrons. The lowest BCUT2D eigenvalue weighted by Crippen LogP contribution is -2.36. The van der Waals surface area contributed by atoms with E-state index in [1.807, 2.05) is 13.0 Å². The number of aromatic nitrogens is 1. The van der Waals surface area contributed by atoms with Crippen LogP contribution in [0.3, 0.4) is 0 Å². The van der Waals surface area contributed by atoms with Crippen molar-refractivity contribution in [2.45, 2.75) is 33.6 Å². The van der Waals surface area contributed by atoms with Crippen molar-refractivity contribution >= 4 is 23.0 Å². The zero-order valence-electron chi connectivity index (χ0n) is 11.4.